The number of rotatable bonds is 5. The van der Waals surface area contributed by atoms with Gasteiger partial charge in [-0.3, -0.25) is 0 Å². The van der Waals surface area contributed by atoms with Gasteiger partial charge in [-0.15, -0.1) is 0 Å². The van der Waals surface area contributed by atoms with E-state index >= 15 is 0 Å². The second-order valence-corrected chi connectivity index (χ2v) is 9.25. The zero-order valence-corrected chi connectivity index (χ0v) is 16.9. The first-order valence-electron chi connectivity index (χ1n) is 8.77. The van der Waals surface area contributed by atoms with Crippen LogP contribution in [0.25, 0.3) is 0 Å². The van der Waals surface area contributed by atoms with Gasteiger partial charge in [0.1, 0.15) is 23.9 Å². The molecule has 1 aliphatic heterocycles. The Kier molecular flexibility index (Phi) is 6.64. The molecule has 1 aliphatic rings. The fraction of sp³-hybridized carbons (Fsp3) is 0.421. The molecule has 1 fully saturated rings. The average Bonchev–Trinajstić information content (AvgIpc) is 2.68. The fourth-order valence-electron chi connectivity index (χ4n) is 2.80. The van der Waals surface area contributed by atoms with E-state index in [2.05, 4.69) is 15.1 Å². The molecular formula is C19H22N6O2S. The van der Waals surface area contributed by atoms with Crippen LogP contribution < -0.4 is 10.2 Å². The van der Waals surface area contributed by atoms with E-state index in [-0.39, 0.29) is 16.3 Å². The topological polar surface area (TPSA) is 124 Å². The normalized spacial score (nSPS) is 14.7. The molecule has 0 radical (unpaired) electrons. The number of hydrogen-bond acceptors (Lipinski definition) is 8. The first kappa shape index (κ1) is 21.2. The van der Waals surface area contributed by atoms with Crippen molar-refractivity contribution in [3.8, 4) is 18.2 Å². The summed E-state index contributed by atoms with van der Waals surface area (Å²) in [5.74, 6) is 0. The van der Waals surface area contributed by atoms with E-state index in [1.807, 2.05) is 7.05 Å². The van der Waals surface area contributed by atoms with Crippen LogP contribution in [0.2, 0.25) is 0 Å². The third-order valence-corrected chi connectivity index (χ3v) is 6.81. The van der Waals surface area contributed by atoms with E-state index in [1.54, 1.807) is 44.2 Å². The predicted octanol–water partition coefficient (Wildman–Crippen LogP) is 1.86. The molecule has 9 heteroatoms. The molecule has 28 heavy (non-hydrogen) atoms. The van der Waals surface area contributed by atoms with E-state index in [9.17, 15) is 13.7 Å². The zero-order valence-electron chi connectivity index (χ0n) is 16.1. The van der Waals surface area contributed by atoms with Crippen molar-refractivity contribution in [2.45, 2.75) is 24.0 Å². The first-order chi connectivity index (χ1) is 13.2. The standard InChI is InChI=1S/C19H22N6O2S/c1-14(2)28(26,27)19-5-4-16(25-8-6-24(3)7-9-25)10-17(19)23-18(13-22)15(11-20)12-21/h4-5,10,14,23H,6-9H2,1-3H3. The molecule has 0 saturated carbocycles. The van der Waals surface area contributed by atoms with Gasteiger partial charge in [0.25, 0.3) is 0 Å². The van der Waals surface area contributed by atoms with E-state index in [0.29, 0.717) is 0 Å². The number of anilines is 2. The van der Waals surface area contributed by atoms with Crippen LogP contribution in [-0.2, 0) is 9.84 Å². The first-order valence-corrected chi connectivity index (χ1v) is 10.3. The molecule has 146 valence electrons. The molecule has 0 unspecified atom stereocenters. The molecule has 1 aromatic rings. The molecule has 8 nitrogen and oxygen atoms in total. The number of sulfone groups is 1. The molecule has 0 amide bonds. The summed E-state index contributed by atoms with van der Waals surface area (Å²) < 4.78 is 25.5. The molecule has 1 heterocycles. The van der Waals surface area contributed by atoms with Gasteiger partial charge in [0.05, 0.1) is 15.8 Å². The van der Waals surface area contributed by atoms with Crippen LogP contribution in [-0.4, -0.2) is 51.8 Å². The highest BCUT2D eigenvalue weighted by molar-refractivity contribution is 7.92. The lowest BCUT2D eigenvalue weighted by atomic mass is 10.2. The summed E-state index contributed by atoms with van der Waals surface area (Å²) in [6.45, 7) is 6.48. The second-order valence-electron chi connectivity index (χ2n) is 6.77. The van der Waals surface area contributed by atoms with Gasteiger partial charge >= 0.3 is 0 Å². The lowest BCUT2D eigenvalue weighted by Gasteiger charge is -2.34. The molecule has 0 atom stereocenters. The third-order valence-electron chi connectivity index (χ3n) is 4.60. The molecule has 1 N–H and O–H groups in total. The number of likely N-dealkylation sites (N-methyl/N-ethyl adjacent to an activating group) is 1. The quantitative estimate of drug-likeness (QED) is 0.745. The van der Waals surface area contributed by atoms with Crippen LogP contribution in [0.4, 0.5) is 11.4 Å². The molecule has 2 rings (SSSR count). The van der Waals surface area contributed by atoms with Crippen molar-refractivity contribution in [2.24, 2.45) is 0 Å². The smallest absolute Gasteiger partial charge is 0.182 e. The molecular weight excluding hydrogens is 376 g/mol. The van der Waals surface area contributed by atoms with Crippen LogP contribution in [0.15, 0.2) is 34.4 Å². The Bertz CT molecular complexity index is 984. The summed E-state index contributed by atoms with van der Waals surface area (Å²) in [5.41, 5.74) is 0.317. The lowest BCUT2D eigenvalue weighted by molar-refractivity contribution is 0.313. The van der Waals surface area contributed by atoms with Crippen LogP contribution in [0.3, 0.4) is 0 Å². The van der Waals surface area contributed by atoms with E-state index in [4.69, 9.17) is 10.5 Å². The third kappa shape index (κ3) is 4.43. The summed E-state index contributed by atoms with van der Waals surface area (Å²) >= 11 is 0. The van der Waals surface area contributed by atoms with Crippen molar-refractivity contribution in [1.82, 2.24) is 4.90 Å². The predicted molar refractivity (Wildman–Crippen MR) is 106 cm³/mol. The summed E-state index contributed by atoms with van der Waals surface area (Å²) in [4.78, 5) is 4.36. The van der Waals surface area contributed by atoms with E-state index < -0.39 is 20.7 Å². The van der Waals surface area contributed by atoms with E-state index in [1.165, 1.54) is 6.07 Å². The highest BCUT2D eigenvalue weighted by Gasteiger charge is 2.25. The Morgan fingerprint density at radius 3 is 2.18 bits per heavy atom. The van der Waals surface area contributed by atoms with Crippen LogP contribution >= 0.6 is 0 Å². The van der Waals surface area contributed by atoms with Crippen LogP contribution in [0, 0.1) is 34.0 Å². The highest BCUT2D eigenvalue weighted by Crippen LogP contribution is 2.31. The van der Waals surface area contributed by atoms with Gasteiger partial charge in [-0.25, -0.2) is 8.42 Å². The van der Waals surface area contributed by atoms with Gasteiger partial charge in [0, 0.05) is 31.9 Å². The molecule has 0 aromatic heterocycles. The maximum Gasteiger partial charge on any atom is 0.182 e. The Hall–Kier alpha value is -3.06. The fourth-order valence-corrected chi connectivity index (χ4v) is 3.98. The monoisotopic (exact) mass is 398 g/mol. The van der Waals surface area contributed by atoms with Crippen molar-refractivity contribution < 1.29 is 8.42 Å². The zero-order chi connectivity index (χ0) is 20.9. The molecule has 1 saturated heterocycles. The number of nitrogens with zero attached hydrogens (tertiary/aromatic N) is 5. The van der Waals surface area contributed by atoms with Gasteiger partial charge in [-0.2, -0.15) is 15.8 Å². The summed E-state index contributed by atoms with van der Waals surface area (Å²) in [6.07, 6.45) is 0. The summed E-state index contributed by atoms with van der Waals surface area (Å²) in [5, 5.41) is 29.5. The Balaban J connectivity index is 2.57. The van der Waals surface area contributed by atoms with Crippen molar-refractivity contribution in [3.05, 3.63) is 29.5 Å². The largest absolute Gasteiger partial charge is 0.369 e. The van der Waals surface area contributed by atoms with Gasteiger partial charge in [-0.05, 0) is 39.1 Å². The lowest BCUT2D eigenvalue weighted by Crippen LogP contribution is -2.44. The molecule has 1 aromatic carbocycles. The minimum absolute atomic E-state index is 0.0309. The Labute approximate surface area is 165 Å². The van der Waals surface area contributed by atoms with Crippen molar-refractivity contribution >= 4 is 21.2 Å². The van der Waals surface area contributed by atoms with Crippen molar-refractivity contribution in [1.29, 1.82) is 15.8 Å². The van der Waals surface area contributed by atoms with Gasteiger partial charge < -0.3 is 15.1 Å². The maximum absolute atomic E-state index is 12.8. The number of benzene rings is 1. The van der Waals surface area contributed by atoms with Gasteiger partial charge in [-0.1, -0.05) is 0 Å². The number of nitriles is 3. The summed E-state index contributed by atoms with van der Waals surface area (Å²) in [6, 6.07) is 10.0. The number of hydrogen-bond donors (Lipinski definition) is 1. The minimum atomic E-state index is -3.64. The SMILES string of the molecule is CC(C)S(=O)(=O)c1ccc(N2CCN(C)CC2)cc1NC(C#N)=C(C#N)C#N. The maximum atomic E-state index is 12.8. The van der Waals surface area contributed by atoms with Crippen LogP contribution in [0.5, 0.6) is 0 Å². The Morgan fingerprint density at radius 2 is 1.68 bits per heavy atom. The highest BCUT2D eigenvalue weighted by atomic mass is 32.2. The Morgan fingerprint density at radius 1 is 1.07 bits per heavy atom. The van der Waals surface area contributed by atoms with Gasteiger partial charge in [0.15, 0.2) is 15.4 Å². The molecule has 0 aliphatic carbocycles. The number of allylic oxidation sites excluding steroid dienone is 2. The summed E-state index contributed by atoms with van der Waals surface area (Å²) in [7, 11) is -1.60. The van der Waals surface area contributed by atoms with Gasteiger partial charge in [0.2, 0.25) is 0 Å². The van der Waals surface area contributed by atoms with Crippen molar-refractivity contribution in [3.63, 3.8) is 0 Å². The second kappa shape index (κ2) is 8.75. The van der Waals surface area contributed by atoms with Crippen LogP contribution in [0.1, 0.15) is 13.8 Å². The number of piperazine rings is 1. The minimum Gasteiger partial charge on any atom is -0.369 e. The van der Waals surface area contributed by atoms with Crippen molar-refractivity contribution in [2.75, 3.05) is 43.4 Å². The number of nitrogens with one attached hydrogen (secondary N) is 1. The molecule has 0 bridgehead atoms. The molecule has 0 spiro atoms. The van der Waals surface area contributed by atoms with E-state index in [0.717, 1.165) is 31.9 Å². The average molecular weight is 398 g/mol.